The molecular weight excluding hydrogens is 589 g/mol. The van der Waals surface area contributed by atoms with Crippen molar-refractivity contribution in [2.75, 3.05) is 39.6 Å². The van der Waals surface area contributed by atoms with Crippen LogP contribution in [0.4, 0.5) is 16.0 Å². The van der Waals surface area contributed by atoms with E-state index in [1.165, 1.54) is 26.2 Å². The number of ether oxygens (including phenoxy) is 1. The normalized spacial score (nSPS) is 10.8. The summed E-state index contributed by atoms with van der Waals surface area (Å²) in [7, 11) is 4.90. The van der Waals surface area contributed by atoms with Crippen LogP contribution in [0, 0.1) is 5.82 Å². The van der Waals surface area contributed by atoms with Gasteiger partial charge in [-0.3, -0.25) is 14.4 Å². The lowest BCUT2D eigenvalue weighted by Gasteiger charge is -2.22. The Balaban J connectivity index is 1.24. The number of aromatic nitrogens is 3. The highest BCUT2D eigenvalue weighted by Gasteiger charge is 2.17. The molecule has 2 heterocycles. The van der Waals surface area contributed by atoms with Gasteiger partial charge in [0.05, 0.1) is 12.8 Å². The van der Waals surface area contributed by atoms with Gasteiger partial charge in [-0.1, -0.05) is 24.3 Å². The summed E-state index contributed by atoms with van der Waals surface area (Å²) in [5.41, 5.74) is 4.73. The summed E-state index contributed by atoms with van der Waals surface area (Å²) < 4.78 is 20.3. The van der Waals surface area contributed by atoms with Crippen LogP contribution in [0.1, 0.15) is 33.2 Å². The smallest absolute Gasteiger partial charge is 0.253 e. The number of hydrogen-bond donors (Lipinski definition) is 2. The number of likely N-dealkylation sites (N-methyl/N-ethyl adjacent to an activating group) is 2. The first-order valence-electron chi connectivity index (χ1n) is 14.5. The molecule has 3 amide bonds. The van der Waals surface area contributed by atoms with Gasteiger partial charge in [-0.15, -0.1) is 5.10 Å². The molecule has 5 aromatic rings. The number of anilines is 2. The Kier molecular flexibility index (Phi) is 9.55. The molecule has 12 heteroatoms. The third-order valence-corrected chi connectivity index (χ3v) is 7.53. The maximum Gasteiger partial charge on any atom is 0.253 e. The minimum absolute atomic E-state index is 0.0636. The van der Waals surface area contributed by atoms with Crippen LogP contribution in [0.5, 0.6) is 5.75 Å². The number of pyridine rings is 1. The van der Waals surface area contributed by atoms with Crippen molar-refractivity contribution < 1.29 is 23.5 Å². The number of hydrogen-bond acceptors (Lipinski definition) is 7. The standard InChI is InChI=1S/C34H34FN7O4/c1-22(43)40(2)17-18-41(3)33(45)26-11-15-29(30(19-26)46-4)37-34-38-31-16-12-27(21-42(31)39-34)24-7-9-25(10-8-24)32(44)36-20-23-5-13-28(35)14-6-23/h5-16,19,21H,17-18,20H2,1-4H3,(H,36,44)(H,37,39). The van der Waals surface area contributed by atoms with Crippen molar-refractivity contribution in [2.24, 2.45) is 0 Å². The van der Waals surface area contributed by atoms with E-state index in [9.17, 15) is 18.8 Å². The van der Waals surface area contributed by atoms with E-state index in [-0.39, 0.29) is 23.5 Å². The lowest BCUT2D eigenvalue weighted by molar-refractivity contribution is -0.127. The molecule has 0 aliphatic heterocycles. The average molecular weight is 624 g/mol. The van der Waals surface area contributed by atoms with E-state index in [1.54, 1.807) is 70.9 Å². The Morgan fingerprint density at radius 3 is 2.24 bits per heavy atom. The van der Waals surface area contributed by atoms with E-state index < -0.39 is 0 Å². The summed E-state index contributed by atoms with van der Waals surface area (Å²) in [5.74, 6) is -0.0200. The molecule has 0 fully saturated rings. The van der Waals surface area contributed by atoms with Gasteiger partial charge in [0.2, 0.25) is 11.9 Å². The first-order valence-corrected chi connectivity index (χ1v) is 14.5. The second-order valence-electron chi connectivity index (χ2n) is 10.7. The third kappa shape index (κ3) is 7.46. The van der Waals surface area contributed by atoms with Crippen molar-refractivity contribution in [3.8, 4) is 16.9 Å². The largest absolute Gasteiger partial charge is 0.495 e. The van der Waals surface area contributed by atoms with Crippen molar-refractivity contribution in [2.45, 2.75) is 13.5 Å². The first-order chi connectivity index (χ1) is 22.1. The fourth-order valence-electron chi connectivity index (χ4n) is 4.63. The van der Waals surface area contributed by atoms with Crippen molar-refractivity contribution in [3.05, 3.63) is 108 Å². The van der Waals surface area contributed by atoms with Crippen LogP contribution in [0.3, 0.4) is 0 Å². The Morgan fingerprint density at radius 2 is 1.54 bits per heavy atom. The first kappa shape index (κ1) is 31.6. The number of amides is 3. The van der Waals surface area contributed by atoms with Gasteiger partial charge in [0.25, 0.3) is 11.8 Å². The maximum absolute atomic E-state index is 13.1. The molecule has 0 aliphatic carbocycles. The van der Waals surface area contributed by atoms with Gasteiger partial charge < -0.3 is 25.2 Å². The molecule has 5 rings (SSSR count). The van der Waals surface area contributed by atoms with Crippen LogP contribution in [0.2, 0.25) is 0 Å². The number of methoxy groups -OCH3 is 1. The molecule has 2 aromatic heterocycles. The molecule has 236 valence electrons. The van der Waals surface area contributed by atoms with E-state index in [1.807, 2.05) is 30.5 Å². The van der Waals surface area contributed by atoms with Gasteiger partial charge in [-0.2, -0.15) is 4.98 Å². The molecule has 0 bridgehead atoms. The fourth-order valence-corrected chi connectivity index (χ4v) is 4.63. The summed E-state index contributed by atoms with van der Waals surface area (Å²) in [5, 5.41) is 10.6. The van der Waals surface area contributed by atoms with Gasteiger partial charge in [0.1, 0.15) is 11.6 Å². The van der Waals surface area contributed by atoms with Gasteiger partial charge in [-0.05, 0) is 65.7 Å². The monoisotopic (exact) mass is 623 g/mol. The number of benzene rings is 3. The van der Waals surface area contributed by atoms with Crippen LogP contribution >= 0.6 is 0 Å². The van der Waals surface area contributed by atoms with Crippen molar-refractivity contribution in [1.29, 1.82) is 0 Å². The lowest BCUT2D eigenvalue weighted by atomic mass is 10.1. The molecule has 0 aliphatic rings. The number of nitrogens with one attached hydrogen (secondary N) is 2. The highest BCUT2D eigenvalue weighted by atomic mass is 19.1. The summed E-state index contributed by atoms with van der Waals surface area (Å²) in [6, 6.07) is 22.0. The number of halogens is 1. The van der Waals surface area contributed by atoms with Gasteiger partial charge in [0.15, 0.2) is 5.65 Å². The summed E-state index contributed by atoms with van der Waals surface area (Å²) in [4.78, 5) is 44.7. The highest BCUT2D eigenvalue weighted by molar-refractivity contribution is 5.95. The van der Waals surface area contributed by atoms with Gasteiger partial charge >= 0.3 is 0 Å². The van der Waals surface area contributed by atoms with E-state index in [0.717, 1.165) is 16.7 Å². The quantitative estimate of drug-likeness (QED) is 0.218. The topological polar surface area (TPSA) is 121 Å². The SMILES string of the molecule is COc1cc(C(=O)N(C)CCN(C)C(C)=O)ccc1Nc1nc2ccc(-c3ccc(C(=O)NCc4ccc(F)cc4)cc3)cn2n1. The number of nitrogens with zero attached hydrogens (tertiary/aromatic N) is 5. The second kappa shape index (κ2) is 13.9. The van der Waals surface area contributed by atoms with Crippen LogP contribution in [0.25, 0.3) is 16.8 Å². The van der Waals surface area contributed by atoms with E-state index in [4.69, 9.17) is 4.74 Å². The molecule has 0 unspecified atom stereocenters. The maximum atomic E-state index is 13.1. The Labute approximate surface area is 265 Å². The molecule has 3 aromatic carbocycles. The fraction of sp³-hybridized carbons (Fsp3) is 0.206. The van der Waals surface area contributed by atoms with Crippen molar-refractivity contribution in [3.63, 3.8) is 0 Å². The zero-order chi connectivity index (χ0) is 32.8. The van der Waals surface area contributed by atoms with Gasteiger partial charge in [0, 0.05) is 63.5 Å². The van der Waals surface area contributed by atoms with Crippen LogP contribution < -0.4 is 15.4 Å². The Morgan fingerprint density at radius 1 is 0.870 bits per heavy atom. The van der Waals surface area contributed by atoms with E-state index >= 15 is 0 Å². The second-order valence-corrected chi connectivity index (χ2v) is 10.7. The zero-order valence-electron chi connectivity index (χ0n) is 26.0. The number of rotatable bonds is 11. The zero-order valence-corrected chi connectivity index (χ0v) is 26.0. The molecule has 2 N–H and O–H groups in total. The lowest BCUT2D eigenvalue weighted by Crippen LogP contribution is -2.36. The number of carbonyl (C=O) groups excluding carboxylic acids is 3. The molecule has 0 saturated carbocycles. The average Bonchev–Trinajstić information content (AvgIpc) is 3.48. The van der Waals surface area contributed by atoms with Crippen molar-refractivity contribution >= 4 is 35.0 Å². The Bertz CT molecular complexity index is 1870. The van der Waals surface area contributed by atoms with Crippen LogP contribution in [-0.2, 0) is 11.3 Å². The molecule has 0 spiro atoms. The van der Waals surface area contributed by atoms with E-state index in [0.29, 0.717) is 53.8 Å². The van der Waals surface area contributed by atoms with E-state index in [2.05, 4.69) is 20.7 Å². The summed E-state index contributed by atoms with van der Waals surface area (Å²) >= 11 is 0. The van der Waals surface area contributed by atoms with Crippen LogP contribution in [0.15, 0.2) is 85.1 Å². The predicted octanol–water partition coefficient (Wildman–Crippen LogP) is 4.77. The van der Waals surface area contributed by atoms with Crippen LogP contribution in [-0.4, -0.2) is 76.4 Å². The minimum atomic E-state index is -0.320. The van der Waals surface area contributed by atoms with Crippen molar-refractivity contribution in [1.82, 2.24) is 29.7 Å². The molecule has 0 saturated heterocycles. The molecule has 0 radical (unpaired) electrons. The third-order valence-electron chi connectivity index (χ3n) is 7.53. The van der Waals surface area contributed by atoms with Gasteiger partial charge in [-0.25, -0.2) is 8.91 Å². The minimum Gasteiger partial charge on any atom is -0.495 e. The number of carbonyl (C=O) groups is 3. The Hall–Kier alpha value is -5.78. The highest BCUT2D eigenvalue weighted by Crippen LogP contribution is 2.29. The summed E-state index contributed by atoms with van der Waals surface area (Å²) in [6.45, 7) is 2.60. The molecular formula is C34H34FN7O4. The molecule has 11 nitrogen and oxygen atoms in total. The molecule has 0 atom stereocenters. The number of fused-ring (bicyclic) bond motifs is 1. The predicted molar refractivity (Wildman–Crippen MR) is 173 cm³/mol. The summed E-state index contributed by atoms with van der Waals surface area (Å²) in [6.07, 6.45) is 1.84. The molecule has 46 heavy (non-hydrogen) atoms.